The van der Waals surface area contributed by atoms with Gasteiger partial charge in [-0.15, -0.1) is 0 Å². The molecule has 2 N–H and O–H groups in total. The first-order chi connectivity index (χ1) is 17.4. The molecule has 0 radical (unpaired) electrons. The van der Waals surface area contributed by atoms with Crippen LogP contribution in [0, 0.1) is 5.92 Å². The maximum absolute atomic E-state index is 13.6. The number of nitrogens with zero attached hydrogens (tertiary/aromatic N) is 3. The van der Waals surface area contributed by atoms with E-state index in [9.17, 15) is 9.59 Å². The molecule has 1 aliphatic carbocycles. The third-order valence-corrected chi connectivity index (χ3v) is 7.54. The van der Waals surface area contributed by atoms with Crippen LogP contribution >= 0.6 is 23.2 Å². The summed E-state index contributed by atoms with van der Waals surface area (Å²) in [6.07, 6.45) is 0.654. The normalized spacial score (nSPS) is 17.9. The summed E-state index contributed by atoms with van der Waals surface area (Å²) in [6.45, 7) is 6.02. The maximum atomic E-state index is 13.6. The molecule has 2 atom stereocenters. The summed E-state index contributed by atoms with van der Waals surface area (Å²) < 4.78 is 13.5. The van der Waals surface area contributed by atoms with E-state index in [0.29, 0.717) is 44.9 Å². The van der Waals surface area contributed by atoms with Gasteiger partial charge in [0.25, 0.3) is 5.91 Å². The number of carbonyl (C=O) groups is 2. The molecule has 1 aromatic heterocycles. The minimum absolute atomic E-state index is 0.0479. The summed E-state index contributed by atoms with van der Waals surface area (Å²) in [7, 11) is 3.33. The molecule has 1 saturated carbocycles. The summed E-state index contributed by atoms with van der Waals surface area (Å²) in [6, 6.07) is 8.89. The number of carbonyl (C=O) groups excluding carboxylic acids is 2. The number of nitrogens with two attached hydrogens (primary N) is 1. The van der Waals surface area contributed by atoms with Crippen molar-refractivity contribution in [3.8, 4) is 28.4 Å². The standard InChI is InChI=1S/C27H28Cl2N4O4/c1-27(2,3)32(4)26(35)23-20-12-37-22-11-21(36-5)17(16-9-18(16)25(30)34)10-19(22)24(20)33(31-23)15-7-13(28)6-14(29)8-15/h6-8,10-11,16,18H,9,12H2,1-5H3,(H2,30,34)/t16-,18-/m1/s1. The third-order valence-electron chi connectivity index (χ3n) is 7.10. The topological polar surface area (TPSA) is 99.7 Å². The van der Waals surface area contributed by atoms with Crippen LogP contribution in [0.2, 0.25) is 10.0 Å². The third kappa shape index (κ3) is 4.42. The van der Waals surface area contributed by atoms with Gasteiger partial charge in [-0.25, -0.2) is 4.68 Å². The highest BCUT2D eigenvalue weighted by atomic mass is 35.5. The van der Waals surface area contributed by atoms with Crippen LogP contribution < -0.4 is 15.2 Å². The van der Waals surface area contributed by atoms with Crippen molar-refractivity contribution in [1.82, 2.24) is 14.7 Å². The number of primary amides is 1. The van der Waals surface area contributed by atoms with Crippen molar-refractivity contribution in [2.45, 2.75) is 45.3 Å². The minimum Gasteiger partial charge on any atom is -0.496 e. The van der Waals surface area contributed by atoms with Gasteiger partial charge in [-0.1, -0.05) is 23.2 Å². The second kappa shape index (κ2) is 8.96. The lowest BCUT2D eigenvalue weighted by Crippen LogP contribution is -2.43. The number of ether oxygens (including phenoxy) is 2. The van der Waals surface area contributed by atoms with E-state index in [2.05, 4.69) is 0 Å². The number of benzene rings is 2. The van der Waals surface area contributed by atoms with Crippen molar-refractivity contribution < 1.29 is 19.1 Å². The number of methoxy groups -OCH3 is 1. The van der Waals surface area contributed by atoms with Gasteiger partial charge in [-0.3, -0.25) is 9.59 Å². The van der Waals surface area contributed by atoms with Crippen LogP contribution in [-0.2, 0) is 11.4 Å². The Kier molecular flexibility index (Phi) is 6.15. The molecule has 8 nitrogen and oxygen atoms in total. The predicted octanol–water partition coefficient (Wildman–Crippen LogP) is 5.21. The molecular weight excluding hydrogens is 515 g/mol. The highest BCUT2D eigenvalue weighted by molar-refractivity contribution is 6.34. The van der Waals surface area contributed by atoms with Gasteiger partial charge in [0.1, 0.15) is 18.1 Å². The van der Waals surface area contributed by atoms with Crippen molar-refractivity contribution in [2.75, 3.05) is 14.2 Å². The number of hydrogen-bond donors (Lipinski definition) is 1. The van der Waals surface area contributed by atoms with Gasteiger partial charge >= 0.3 is 0 Å². The molecule has 0 bridgehead atoms. The predicted molar refractivity (Wildman–Crippen MR) is 142 cm³/mol. The number of halogens is 2. The highest BCUT2D eigenvalue weighted by Gasteiger charge is 2.45. The Morgan fingerprint density at radius 2 is 1.84 bits per heavy atom. The van der Waals surface area contributed by atoms with Crippen LogP contribution in [0.15, 0.2) is 30.3 Å². The Balaban J connectivity index is 1.74. The van der Waals surface area contributed by atoms with Crippen molar-refractivity contribution >= 4 is 35.0 Å². The van der Waals surface area contributed by atoms with Crippen LogP contribution in [0.3, 0.4) is 0 Å². The Morgan fingerprint density at radius 1 is 1.16 bits per heavy atom. The van der Waals surface area contributed by atoms with Crippen LogP contribution in [0.1, 0.15) is 54.7 Å². The summed E-state index contributed by atoms with van der Waals surface area (Å²) in [5.41, 5.74) is 8.99. The molecule has 2 aromatic carbocycles. The lowest BCUT2D eigenvalue weighted by atomic mass is 9.96. The van der Waals surface area contributed by atoms with Crippen molar-refractivity contribution in [1.29, 1.82) is 0 Å². The quantitative estimate of drug-likeness (QED) is 0.477. The SMILES string of the molecule is COc1cc2c(cc1[C@H]1C[C@H]1C(N)=O)-c1c(c(C(=O)N(C)C(C)(C)C)nn1-c1cc(Cl)cc(Cl)c1)CO2. The van der Waals surface area contributed by atoms with Crippen molar-refractivity contribution in [3.63, 3.8) is 0 Å². The fourth-order valence-electron chi connectivity index (χ4n) is 4.70. The number of rotatable bonds is 5. The molecule has 10 heteroatoms. The van der Waals surface area contributed by atoms with Gasteiger partial charge in [-0.2, -0.15) is 5.10 Å². The zero-order chi connectivity index (χ0) is 26.8. The molecule has 2 amide bonds. The van der Waals surface area contributed by atoms with E-state index >= 15 is 0 Å². The first-order valence-electron chi connectivity index (χ1n) is 11.9. The average molecular weight is 543 g/mol. The molecule has 1 aliphatic heterocycles. The fraction of sp³-hybridized carbons (Fsp3) is 0.370. The average Bonchev–Trinajstić information content (AvgIpc) is 3.54. The van der Waals surface area contributed by atoms with E-state index in [1.807, 2.05) is 32.9 Å². The minimum atomic E-state index is -0.420. The number of hydrogen-bond acceptors (Lipinski definition) is 5. The van der Waals surface area contributed by atoms with E-state index in [1.165, 1.54) is 0 Å². The van der Waals surface area contributed by atoms with Crippen LogP contribution in [0.4, 0.5) is 0 Å². The molecule has 194 valence electrons. The largest absolute Gasteiger partial charge is 0.496 e. The van der Waals surface area contributed by atoms with E-state index in [-0.39, 0.29) is 36.0 Å². The monoisotopic (exact) mass is 542 g/mol. The number of amides is 2. The second-order valence-electron chi connectivity index (χ2n) is 10.5. The molecule has 2 heterocycles. The summed E-state index contributed by atoms with van der Waals surface area (Å²) >= 11 is 12.7. The Bertz CT molecular complexity index is 1420. The van der Waals surface area contributed by atoms with Crippen molar-refractivity contribution in [3.05, 3.63) is 57.2 Å². The van der Waals surface area contributed by atoms with E-state index < -0.39 is 5.54 Å². The lowest BCUT2D eigenvalue weighted by Gasteiger charge is -2.31. The first-order valence-corrected chi connectivity index (χ1v) is 12.7. The summed E-state index contributed by atoms with van der Waals surface area (Å²) in [5.74, 6) is 0.350. The fourth-order valence-corrected chi connectivity index (χ4v) is 5.21. The van der Waals surface area contributed by atoms with Gasteiger partial charge in [0.2, 0.25) is 5.91 Å². The zero-order valence-electron chi connectivity index (χ0n) is 21.3. The smallest absolute Gasteiger partial charge is 0.274 e. The Hall–Kier alpha value is -3.23. The van der Waals surface area contributed by atoms with Gasteiger partial charge in [0.05, 0.1) is 18.5 Å². The second-order valence-corrected chi connectivity index (χ2v) is 11.4. The van der Waals surface area contributed by atoms with E-state index in [0.717, 1.165) is 11.1 Å². The number of aromatic nitrogens is 2. The van der Waals surface area contributed by atoms with Crippen LogP contribution in [0.5, 0.6) is 11.5 Å². The van der Waals surface area contributed by atoms with E-state index in [1.54, 1.807) is 41.9 Å². The van der Waals surface area contributed by atoms with E-state index in [4.69, 9.17) is 43.5 Å². The van der Waals surface area contributed by atoms with Gasteiger partial charge in [0.15, 0.2) is 5.69 Å². The first kappa shape index (κ1) is 25.4. The van der Waals surface area contributed by atoms with Crippen LogP contribution in [0.25, 0.3) is 16.9 Å². The molecular formula is C27H28Cl2N4O4. The molecule has 1 fully saturated rings. The lowest BCUT2D eigenvalue weighted by molar-refractivity contribution is -0.119. The zero-order valence-corrected chi connectivity index (χ0v) is 22.8. The maximum Gasteiger partial charge on any atom is 0.274 e. The molecule has 0 unspecified atom stereocenters. The molecule has 3 aromatic rings. The molecule has 37 heavy (non-hydrogen) atoms. The van der Waals surface area contributed by atoms with Crippen LogP contribution in [-0.4, -0.2) is 46.2 Å². The van der Waals surface area contributed by atoms with Crippen molar-refractivity contribution in [2.24, 2.45) is 11.7 Å². The van der Waals surface area contributed by atoms with Gasteiger partial charge in [0, 0.05) is 45.7 Å². The highest BCUT2D eigenvalue weighted by Crippen LogP contribution is 2.53. The molecule has 0 saturated heterocycles. The summed E-state index contributed by atoms with van der Waals surface area (Å²) in [5, 5.41) is 5.66. The Morgan fingerprint density at radius 3 is 2.41 bits per heavy atom. The summed E-state index contributed by atoms with van der Waals surface area (Å²) in [4.78, 5) is 27.1. The molecule has 5 rings (SSSR count). The number of fused-ring (bicyclic) bond motifs is 3. The Labute approximate surface area is 225 Å². The molecule has 0 spiro atoms. The van der Waals surface area contributed by atoms with Gasteiger partial charge in [-0.05, 0) is 62.9 Å². The van der Waals surface area contributed by atoms with Gasteiger partial charge < -0.3 is 20.1 Å². The molecule has 2 aliphatic rings.